The standard InChI is InChI=1S/C15H23FN2O/c1-4-5-12-10-18(11(2)9-17-12)13-6-7-15(19-3)14(16)8-13/h6-8,11-12,17H,4-5,9-10H2,1-3H3. The molecule has 19 heavy (non-hydrogen) atoms. The Morgan fingerprint density at radius 1 is 1.47 bits per heavy atom. The Bertz CT molecular complexity index is 425. The molecule has 1 aliphatic rings. The molecule has 1 aliphatic heterocycles. The quantitative estimate of drug-likeness (QED) is 0.907. The first kappa shape index (κ1) is 14.1. The maximum Gasteiger partial charge on any atom is 0.167 e. The molecule has 1 saturated heterocycles. The van der Waals surface area contributed by atoms with Gasteiger partial charge in [-0.05, 0) is 25.5 Å². The summed E-state index contributed by atoms with van der Waals surface area (Å²) in [7, 11) is 1.49. The van der Waals surface area contributed by atoms with Gasteiger partial charge in [0, 0.05) is 36.9 Å². The van der Waals surface area contributed by atoms with E-state index in [1.54, 1.807) is 12.1 Å². The fourth-order valence-corrected chi connectivity index (χ4v) is 2.66. The molecule has 1 aromatic rings. The van der Waals surface area contributed by atoms with Crippen LogP contribution < -0.4 is 15.0 Å². The van der Waals surface area contributed by atoms with Gasteiger partial charge in [0.25, 0.3) is 0 Å². The molecule has 1 heterocycles. The lowest BCUT2D eigenvalue weighted by atomic mass is 10.0. The largest absolute Gasteiger partial charge is 0.494 e. The van der Waals surface area contributed by atoms with Crippen LogP contribution in [0.3, 0.4) is 0 Å². The number of anilines is 1. The van der Waals surface area contributed by atoms with E-state index in [0.717, 1.165) is 31.6 Å². The molecule has 0 saturated carbocycles. The highest BCUT2D eigenvalue weighted by atomic mass is 19.1. The monoisotopic (exact) mass is 266 g/mol. The van der Waals surface area contributed by atoms with Crippen molar-refractivity contribution in [2.75, 3.05) is 25.1 Å². The van der Waals surface area contributed by atoms with Gasteiger partial charge < -0.3 is 15.0 Å². The van der Waals surface area contributed by atoms with Crippen molar-refractivity contribution in [3.8, 4) is 5.75 Å². The zero-order chi connectivity index (χ0) is 13.8. The molecular formula is C15H23FN2O. The number of ether oxygens (including phenoxy) is 1. The summed E-state index contributed by atoms with van der Waals surface area (Å²) in [5, 5.41) is 3.55. The van der Waals surface area contributed by atoms with E-state index in [-0.39, 0.29) is 5.82 Å². The van der Waals surface area contributed by atoms with Gasteiger partial charge in [0.2, 0.25) is 0 Å². The van der Waals surface area contributed by atoms with E-state index in [9.17, 15) is 4.39 Å². The molecule has 2 atom stereocenters. The number of methoxy groups -OCH3 is 1. The zero-order valence-corrected chi connectivity index (χ0v) is 11.9. The zero-order valence-electron chi connectivity index (χ0n) is 11.9. The molecule has 4 heteroatoms. The molecule has 3 nitrogen and oxygen atoms in total. The summed E-state index contributed by atoms with van der Waals surface area (Å²) < 4.78 is 18.8. The average Bonchev–Trinajstić information content (AvgIpc) is 2.41. The van der Waals surface area contributed by atoms with Gasteiger partial charge in [0.15, 0.2) is 11.6 Å². The van der Waals surface area contributed by atoms with Crippen LogP contribution in [-0.4, -0.2) is 32.3 Å². The molecule has 0 spiro atoms. The van der Waals surface area contributed by atoms with Crippen LogP contribution in [0, 0.1) is 5.82 Å². The van der Waals surface area contributed by atoms with Gasteiger partial charge in [0.1, 0.15) is 0 Å². The minimum Gasteiger partial charge on any atom is -0.494 e. The predicted octanol–water partition coefficient (Wildman–Crippen LogP) is 2.80. The van der Waals surface area contributed by atoms with Crippen molar-refractivity contribution in [3.63, 3.8) is 0 Å². The van der Waals surface area contributed by atoms with E-state index in [4.69, 9.17) is 4.74 Å². The van der Waals surface area contributed by atoms with E-state index in [1.807, 2.05) is 6.07 Å². The second kappa shape index (κ2) is 6.24. The van der Waals surface area contributed by atoms with Crippen LogP contribution in [0.4, 0.5) is 10.1 Å². The molecule has 1 fully saturated rings. The Morgan fingerprint density at radius 2 is 2.26 bits per heavy atom. The second-order valence-corrected chi connectivity index (χ2v) is 5.21. The molecule has 1 aromatic carbocycles. The minimum atomic E-state index is -0.294. The van der Waals surface area contributed by atoms with Crippen molar-refractivity contribution >= 4 is 5.69 Å². The molecule has 106 valence electrons. The van der Waals surface area contributed by atoms with Gasteiger partial charge in [-0.15, -0.1) is 0 Å². The summed E-state index contributed by atoms with van der Waals surface area (Å²) in [5.74, 6) is 0.00872. The minimum absolute atomic E-state index is 0.294. The Morgan fingerprint density at radius 3 is 2.89 bits per heavy atom. The van der Waals surface area contributed by atoms with Crippen LogP contribution in [0.2, 0.25) is 0 Å². The third-order valence-corrected chi connectivity index (χ3v) is 3.76. The molecular weight excluding hydrogens is 243 g/mol. The first-order chi connectivity index (χ1) is 9.15. The van der Waals surface area contributed by atoms with Gasteiger partial charge in [-0.2, -0.15) is 0 Å². The Labute approximate surface area is 114 Å². The topological polar surface area (TPSA) is 24.5 Å². The van der Waals surface area contributed by atoms with Crippen LogP contribution in [0.15, 0.2) is 18.2 Å². The van der Waals surface area contributed by atoms with E-state index < -0.39 is 0 Å². The molecule has 0 aliphatic carbocycles. The van der Waals surface area contributed by atoms with E-state index in [1.165, 1.54) is 7.11 Å². The Hall–Kier alpha value is -1.29. The van der Waals surface area contributed by atoms with Crippen LogP contribution in [0.1, 0.15) is 26.7 Å². The van der Waals surface area contributed by atoms with Gasteiger partial charge in [-0.25, -0.2) is 4.39 Å². The number of benzene rings is 1. The molecule has 0 radical (unpaired) electrons. The number of nitrogens with one attached hydrogen (secondary N) is 1. The summed E-state index contributed by atoms with van der Waals surface area (Å²) >= 11 is 0. The molecule has 0 aromatic heterocycles. The van der Waals surface area contributed by atoms with E-state index in [0.29, 0.717) is 17.8 Å². The van der Waals surface area contributed by atoms with Crippen molar-refractivity contribution in [1.82, 2.24) is 5.32 Å². The smallest absolute Gasteiger partial charge is 0.167 e. The van der Waals surface area contributed by atoms with Crippen LogP contribution in [0.25, 0.3) is 0 Å². The average molecular weight is 266 g/mol. The highest BCUT2D eigenvalue weighted by Gasteiger charge is 2.25. The lowest BCUT2D eigenvalue weighted by Gasteiger charge is -2.40. The number of rotatable bonds is 4. The molecule has 2 rings (SSSR count). The number of hydrogen-bond acceptors (Lipinski definition) is 3. The summed E-state index contributed by atoms with van der Waals surface area (Å²) in [4.78, 5) is 2.28. The van der Waals surface area contributed by atoms with Crippen LogP contribution in [-0.2, 0) is 0 Å². The highest BCUT2D eigenvalue weighted by Crippen LogP contribution is 2.26. The van der Waals surface area contributed by atoms with Gasteiger partial charge >= 0.3 is 0 Å². The van der Waals surface area contributed by atoms with Crippen molar-refractivity contribution in [2.24, 2.45) is 0 Å². The third kappa shape index (κ3) is 3.18. The molecule has 0 bridgehead atoms. The lowest BCUT2D eigenvalue weighted by Crippen LogP contribution is -2.55. The number of nitrogens with zero attached hydrogens (tertiary/aromatic N) is 1. The van der Waals surface area contributed by atoms with Crippen LogP contribution in [0.5, 0.6) is 5.75 Å². The maximum absolute atomic E-state index is 13.8. The van der Waals surface area contributed by atoms with Crippen molar-refractivity contribution in [2.45, 2.75) is 38.8 Å². The van der Waals surface area contributed by atoms with Crippen LogP contribution >= 0.6 is 0 Å². The van der Waals surface area contributed by atoms with E-state index in [2.05, 4.69) is 24.1 Å². The fraction of sp³-hybridized carbons (Fsp3) is 0.600. The third-order valence-electron chi connectivity index (χ3n) is 3.76. The lowest BCUT2D eigenvalue weighted by molar-refractivity contribution is 0.380. The summed E-state index contributed by atoms with van der Waals surface area (Å²) in [6.07, 6.45) is 2.32. The SMILES string of the molecule is CCCC1CN(c2ccc(OC)c(F)c2)C(C)CN1. The van der Waals surface area contributed by atoms with Crippen molar-refractivity contribution < 1.29 is 9.13 Å². The van der Waals surface area contributed by atoms with E-state index >= 15 is 0 Å². The first-order valence-electron chi connectivity index (χ1n) is 6.99. The Kier molecular flexibility index (Phi) is 4.64. The maximum atomic E-state index is 13.8. The fourth-order valence-electron chi connectivity index (χ4n) is 2.66. The first-order valence-corrected chi connectivity index (χ1v) is 6.99. The number of hydrogen-bond donors (Lipinski definition) is 1. The van der Waals surface area contributed by atoms with Crippen molar-refractivity contribution in [1.29, 1.82) is 0 Å². The van der Waals surface area contributed by atoms with Gasteiger partial charge in [-0.3, -0.25) is 0 Å². The predicted molar refractivity (Wildman–Crippen MR) is 76.5 cm³/mol. The van der Waals surface area contributed by atoms with Gasteiger partial charge in [0.05, 0.1) is 7.11 Å². The van der Waals surface area contributed by atoms with Crippen molar-refractivity contribution in [3.05, 3.63) is 24.0 Å². The number of piperazine rings is 1. The number of halogens is 1. The Balaban J connectivity index is 2.16. The summed E-state index contributed by atoms with van der Waals surface area (Å²) in [6, 6.07) is 6.08. The molecule has 0 amide bonds. The summed E-state index contributed by atoms with van der Waals surface area (Å²) in [5.41, 5.74) is 0.938. The van der Waals surface area contributed by atoms with Gasteiger partial charge in [-0.1, -0.05) is 13.3 Å². The molecule has 2 unspecified atom stereocenters. The normalized spacial score (nSPS) is 23.5. The summed E-state index contributed by atoms with van der Waals surface area (Å²) in [6.45, 7) is 6.23. The second-order valence-electron chi connectivity index (χ2n) is 5.21. The highest BCUT2D eigenvalue weighted by molar-refractivity contribution is 5.51. The molecule has 1 N–H and O–H groups in total.